The first-order valence-electron chi connectivity index (χ1n) is 6.69. The fourth-order valence-corrected chi connectivity index (χ4v) is 4.42. The molecule has 2 aliphatic rings. The molecule has 20 heavy (non-hydrogen) atoms. The van der Waals surface area contributed by atoms with Crippen molar-refractivity contribution in [3.05, 3.63) is 0 Å². The van der Waals surface area contributed by atoms with Crippen molar-refractivity contribution in [3.8, 4) is 0 Å². The Balaban J connectivity index is 2.17. The average Bonchev–Trinajstić information content (AvgIpc) is 2.47. The van der Waals surface area contributed by atoms with Gasteiger partial charge in [-0.25, -0.2) is 0 Å². The second kappa shape index (κ2) is 6.35. The second-order valence-corrected chi connectivity index (χ2v) is 6.88. The predicted octanol–water partition coefficient (Wildman–Crippen LogP) is -1.14. The van der Waals surface area contributed by atoms with Gasteiger partial charge in [-0.15, -0.1) is 0 Å². The van der Waals surface area contributed by atoms with Crippen LogP contribution in [0.15, 0.2) is 0 Å². The van der Waals surface area contributed by atoms with E-state index in [9.17, 15) is 18.3 Å². The molecule has 0 bridgehead atoms. The number of carbonyl (C=O) groups is 1. The molecule has 2 aliphatic heterocycles. The summed E-state index contributed by atoms with van der Waals surface area (Å²) in [7, 11) is -3.83. The molecule has 0 aromatic heterocycles. The maximum absolute atomic E-state index is 12.6. The number of hydrogen-bond donors (Lipinski definition) is 2. The van der Waals surface area contributed by atoms with Crippen LogP contribution in [-0.4, -0.2) is 78.2 Å². The van der Waals surface area contributed by atoms with E-state index in [2.05, 4.69) is 0 Å². The van der Waals surface area contributed by atoms with Gasteiger partial charge in [0.05, 0.1) is 19.3 Å². The number of nitrogens with zero attached hydrogens (tertiary/aromatic N) is 2. The van der Waals surface area contributed by atoms with Crippen molar-refractivity contribution in [1.29, 1.82) is 0 Å². The van der Waals surface area contributed by atoms with E-state index >= 15 is 0 Å². The Morgan fingerprint density at radius 2 is 2.05 bits per heavy atom. The second-order valence-electron chi connectivity index (χ2n) is 5.00. The molecule has 0 spiro atoms. The van der Waals surface area contributed by atoms with Gasteiger partial charge in [0.25, 0.3) is 10.2 Å². The van der Waals surface area contributed by atoms with Crippen molar-refractivity contribution in [3.63, 3.8) is 0 Å². The van der Waals surface area contributed by atoms with Crippen molar-refractivity contribution >= 4 is 16.2 Å². The number of carboxylic acids is 1. The van der Waals surface area contributed by atoms with E-state index < -0.39 is 28.3 Å². The third-order valence-electron chi connectivity index (χ3n) is 3.67. The van der Waals surface area contributed by atoms with Crippen LogP contribution < -0.4 is 0 Å². The van der Waals surface area contributed by atoms with Gasteiger partial charge in [0.2, 0.25) is 0 Å². The number of hydrogen-bond acceptors (Lipinski definition) is 5. The number of rotatable bonds is 4. The highest BCUT2D eigenvalue weighted by Gasteiger charge is 2.41. The quantitative estimate of drug-likeness (QED) is 0.680. The van der Waals surface area contributed by atoms with Crippen molar-refractivity contribution in [2.75, 3.05) is 32.8 Å². The molecule has 0 aliphatic carbocycles. The lowest BCUT2D eigenvalue weighted by molar-refractivity contribution is -0.142. The summed E-state index contributed by atoms with van der Waals surface area (Å²) in [6.45, 7) is 0.411. The Labute approximate surface area is 118 Å². The minimum atomic E-state index is -3.83. The highest BCUT2D eigenvalue weighted by molar-refractivity contribution is 7.86. The molecule has 9 heteroatoms. The summed E-state index contributed by atoms with van der Waals surface area (Å²) in [6.07, 6.45) is 1.16. The van der Waals surface area contributed by atoms with Crippen molar-refractivity contribution in [2.24, 2.45) is 0 Å². The predicted molar refractivity (Wildman–Crippen MR) is 69.3 cm³/mol. The molecule has 2 atom stereocenters. The zero-order chi connectivity index (χ0) is 14.8. The van der Waals surface area contributed by atoms with Gasteiger partial charge in [-0.3, -0.25) is 4.79 Å². The first kappa shape index (κ1) is 15.6. The molecule has 0 saturated carbocycles. The lowest BCUT2D eigenvalue weighted by Gasteiger charge is -2.38. The van der Waals surface area contributed by atoms with Crippen LogP contribution in [0.4, 0.5) is 0 Å². The average molecular weight is 308 g/mol. The first-order valence-corrected chi connectivity index (χ1v) is 8.08. The van der Waals surface area contributed by atoms with Crippen molar-refractivity contribution in [1.82, 2.24) is 8.61 Å². The van der Waals surface area contributed by atoms with Gasteiger partial charge in [-0.05, 0) is 19.3 Å². The van der Waals surface area contributed by atoms with Gasteiger partial charge >= 0.3 is 5.97 Å². The van der Waals surface area contributed by atoms with E-state index in [0.29, 0.717) is 19.3 Å². The van der Waals surface area contributed by atoms with E-state index in [4.69, 9.17) is 9.84 Å². The number of aliphatic hydroxyl groups excluding tert-OH is 1. The third kappa shape index (κ3) is 3.12. The van der Waals surface area contributed by atoms with Gasteiger partial charge in [-0.2, -0.15) is 17.0 Å². The minimum Gasteiger partial charge on any atom is -0.480 e. The van der Waals surface area contributed by atoms with E-state index in [0.717, 1.165) is 4.31 Å². The van der Waals surface area contributed by atoms with E-state index in [1.807, 2.05) is 0 Å². The minimum absolute atomic E-state index is 0.0572. The molecule has 2 heterocycles. The summed E-state index contributed by atoms with van der Waals surface area (Å²) < 4.78 is 32.6. The van der Waals surface area contributed by atoms with Crippen molar-refractivity contribution in [2.45, 2.75) is 31.4 Å². The molecular formula is C11H20N2O6S. The van der Waals surface area contributed by atoms with Gasteiger partial charge in [0.15, 0.2) is 0 Å². The van der Waals surface area contributed by atoms with E-state index in [1.165, 1.54) is 4.31 Å². The molecule has 2 saturated heterocycles. The third-order valence-corrected chi connectivity index (χ3v) is 5.68. The Hall–Kier alpha value is -0.740. The molecule has 116 valence electrons. The molecule has 8 nitrogen and oxygen atoms in total. The highest BCUT2D eigenvalue weighted by Crippen LogP contribution is 2.24. The molecular weight excluding hydrogens is 288 g/mol. The van der Waals surface area contributed by atoms with Crippen LogP contribution in [0.1, 0.15) is 19.3 Å². The maximum atomic E-state index is 12.6. The molecule has 2 unspecified atom stereocenters. The number of morpholine rings is 1. The number of piperidine rings is 1. The summed E-state index contributed by atoms with van der Waals surface area (Å²) in [5, 5.41) is 18.3. The largest absolute Gasteiger partial charge is 0.480 e. The van der Waals surface area contributed by atoms with Crippen LogP contribution in [0.5, 0.6) is 0 Å². The van der Waals surface area contributed by atoms with Crippen LogP contribution >= 0.6 is 0 Å². The first-order chi connectivity index (χ1) is 9.46. The highest BCUT2D eigenvalue weighted by atomic mass is 32.2. The number of carboxylic acid groups (broad SMARTS) is 1. The Bertz CT molecular complexity index is 454. The molecule has 0 radical (unpaired) electrons. The fourth-order valence-electron chi connectivity index (χ4n) is 2.59. The molecule has 0 aromatic carbocycles. The normalized spacial score (nSPS) is 30.2. The van der Waals surface area contributed by atoms with Gasteiger partial charge in [0.1, 0.15) is 6.04 Å². The van der Waals surface area contributed by atoms with Crippen molar-refractivity contribution < 1.29 is 28.2 Å². The number of aliphatic hydroxyl groups is 1. The molecule has 2 rings (SSSR count). The van der Waals surface area contributed by atoms with Crippen LogP contribution in [0.2, 0.25) is 0 Å². The van der Waals surface area contributed by atoms with Crippen LogP contribution in [0, 0.1) is 0 Å². The molecule has 0 amide bonds. The van der Waals surface area contributed by atoms with Gasteiger partial charge < -0.3 is 14.9 Å². The SMILES string of the molecule is O=C(O)C1CCCCN1S(=O)(=O)N1CCOC(CO)C1. The summed E-state index contributed by atoms with van der Waals surface area (Å²) in [5.41, 5.74) is 0. The standard InChI is InChI=1S/C11H20N2O6S/c14-8-9-7-12(5-6-19-9)20(17,18)13-4-2-1-3-10(13)11(15)16/h9-10,14H,1-8H2,(H,15,16). The maximum Gasteiger partial charge on any atom is 0.322 e. The molecule has 2 N–H and O–H groups in total. The van der Waals surface area contributed by atoms with Gasteiger partial charge in [0, 0.05) is 19.6 Å². The van der Waals surface area contributed by atoms with E-state index in [1.54, 1.807) is 0 Å². The van der Waals surface area contributed by atoms with E-state index in [-0.39, 0.29) is 32.8 Å². The fraction of sp³-hybridized carbons (Fsp3) is 0.909. The summed E-state index contributed by atoms with van der Waals surface area (Å²) in [4.78, 5) is 11.2. The van der Waals surface area contributed by atoms with Crippen LogP contribution in [-0.2, 0) is 19.7 Å². The number of aliphatic carboxylic acids is 1. The van der Waals surface area contributed by atoms with Crippen LogP contribution in [0.3, 0.4) is 0 Å². The van der Waals surface area contributed by atoms with Crippen LogP contribution in [0.25, 0.3) is 0 Å². The lowest BCUT2D eigenvalue weighted by Crippen LogP contribution is -2.57. The zero-order valence-corrected chi connectivity index (χ0v) is 12.0. The Morgan fingerprint density at radius 1 is 1.30 bits per heavy atom. The topological polar surface area (TPSA) is 107 Å². The summed E-state index contributed by atoms with van der Waals surface area (Å²) in [5.74, 6) is -1.11. The monoisotopic (exact) mass is 308 g/mol. The number of ether oxygens (including phenoxy) is 1. The Morgan fingerprint density at radius 3 is 2.70 bits per heavy atom. The Kier molecular flexibility index (Phi) is 4.97. The zero-order valence-electron chi connectivity index (χ0n) is 11.1. The summed E-state index contributed by atoms with van der Waals surface area (Å²) in [6, 6.07) is -0.996. The van der Waals surface area contributed by atoms with Gasteiger partial charge in [-0.1, -0.05) is 0 Å². The summed E-state index contributed by atoms with van der Waals surface area (Å²) >= 11 is 0. The molecule has 0 aromatic rings. The lowest BCUT2D eigenvalue weighted by atomic mass is 10.1. The smallest absolute Gasteiger partial charge is 0.322 e. The molecule has 2 fully saturated rings.